The zero-order valence-corrected chi connectivity index (χ0v) is 5.84. The van der Waals surface area contributed by atoms with Gasteiger partial charge in [-0.2, -0.15) is 0 Å². The Balaban J connectivity index is 1.91. The molecule has 1 nitrogen and oxygen atoms in total. The van der Waals surface area contributed by atoms with Crippen molar-refractivity contribution in [2.45, 2.75) is 38.2 Å². The van der Waals surface area contributed by atoms with Gasteiger partial charge in [-0.3, -0.25) is 0 Å². The lowest BCUT2D eigenvalue weighted by atomic mass is 9.79. The van der Waals surface area contributed by atoms with Crippen LogP contribution in [0.1, 0.15) is 32.1 Å². The quantitative estimate of drug-likeness (QED) is 0.612. The van der Waals surface area contributed by atoms with Gasteiger partial charge in [0.2, 0.25) is 0 Å². The average molecular weight is 127 g/mol. The molecule has 53 valence electrons. The average Bonchev–Trinajstić information content (AvgIpc) is 1.78. The van der Waals surface area contributed by atoms with Crippen molar-refractivity contribution in [3.8, 4) is 0 Å². The first-order chi connectivity index (χ1) is 4.33. The van der Waals surface area contributed by atoms with E-state index >= 15 is 0 Å². The van der Waals surface area contributed by atoms with Crippen LogP contribution < -0.4 is 0 Å². The topological polar surface area (TPSA) is 20.2 Å². The summed E-state index contributed by atoms with van der Waals surface area (Å²) in [6, 6.07) is 0. The molecule has 1 fully saturated rings. The fourth-order valence-corrected chi connectivity index (χ4v) is 1.37. The highest BCUT2D eigenvalue weighted by atomic mass is 16.3. The van der Waals surface area contributed by atoms with Crippen LogP contribution in [0.5, 0.6) is 0 Å². The Hall–Kier alpha value is -0.0400. The molecule has 0 aliphatic heterocycles. The molecule has 1 saturated carbocycles. The van der Waals surface area contributed by atoms with Crippen LogP contribution in [0, 0.1) is 12.8 Å². The van der Waals surface area contributed by atoms with E-state index in [0.29, 0.717) is 0 Å². The second kappa shape index (κ2) is 3.21. The summed E-state index contributed by atoms with van der Waals surface area (Å²) in [5.41, 5.74) is 0. The third kappa shape index (κ3) is 1.98. The lowest BCUT2D eigenvalue weighted by Gasteiger charge is -2.31. The van der Waals surface area contributed by atoms with Crippen LogP contribution in [-0.2, 0) is 0 Å². The molecule has 0 aromatic carbocycles. The maximum Gasteiger partial charge on any atom is 0.0545 e. The van der Waals surface area contributed by atoms with Crippen molar-refractivity contribution in [3.63, 3.8) is 0 Å². The predicted molar refractivity (Wildman–Crippen MR) is 37.9 cm³/mol. The van der Waals surface area contributed by atoms with Gasteiger partial charge in [0.25, 0.3) is 0 Å². The summed E-state index contributed by atoms with van der Waals surface area (Å²) in [4.78, 5) is 0. The fourth-order valence-electron chi connectivity index (χ4n) is 1.37. The maximum atomic E-state index is 8.90. The molecule has 9 heavy (non-hydrogen) atoms. The number of rotatable bonds is 3. The molecular formula is C8H15O. The highest BCUT2D eigenvalue weighted by Crippen LogP contribution is 2.31. The summed E-state index contributed by atoms with van der Waals surface area (Å²) in [5.74, 6) is 0.821. The molecule has 1 aliphatic rings. The highest BCUT2D eigenvalue weighted by molar-refractivity contribution is 4.78. The molecule has 0 spiro atoms. The van der Waals surface area contributed by atoms with Gasteiger partial charge < -0.3 is 5.11 Å². The van der Waals surface area contributed by atoms with Crippen molar-refractivity contribution < 1.29 is 5.11 Å². The van der Waals surface area contributed by atoms with Gasteiger partial charge in [0.05, 0.1) is 6.10 Å². The van der Waals surface area contributed by atoms with E-state index in [1.165, 1.54) is 12.8 Å². The van der Waals surface area contributed by atoms with E-state index in [2.05, 4.69) is 6.92 Å². The molecule has 0 saturated heterocycles. The first-order valence-electron chi connectivity index (χ1n) is 3.80. The molecule has 0 heterocycles. The Bertz CT molecular complexity index is 74.6. The zero-order valence-electron chi connectivity index (χ0n) is 5.84. The van der Waals surface area contributed by atoms with Crippen LogP contribution in [0.25, 0.3) is 0 Å². The summed E-state index contributed by atoms with van der Waals surface area (Å²) >= 11 is 0. The molecule has 1 radical (unpaired) electrons. The second-order valence-electron chi connectivity index (χ2n) is 2.99. The molecule has 0 atom stereocenters. The molecule has 0 aromatic rings. The fraction of sp³-hybridized carbons (Fsp3) is 0.875. The highest BCUT2D eigenvalue weighted by Gasteiger charge is 2.25. The molecule has 0 bridgehead atoms. The molecule has 0 aromatic heterocycles. The summed E-state index contributed by atoms with van der Waals surface area (Å²) in [6.07, 6.45) is 5.67. The van der Waals surface area contributed by atoms with Crippen molar-refractivity contribution in [3.05, 3.63) is 6.92 Å². The van der Waals surface area contributed by atoms with Crippen molar-refractivity contribution in [1.29, 1.82) is 0 Å². The van der Waals surface area contributed by atoms with E-state index in [9.17, 15) is 0 Å². The third-order valence-corrected chi connectivity index (χ3v) is 2.07. The summed E-state index contributed by atoms with van der Waals surface area (Å²) in [5, 5.41) is 8.90. The predicted octanol–water partition coefficient (Wildman–Crippen LogP) is 1.76. The van der Waals surface area contributed by atoms with Crippen LogP contribution in [-0.4, -0.2) is 11.2 Å². The van der Waals surface area contributed by atoms with Crippen LogP contribution in [0.2, 0.25) is 0 Å². The molecule has 1 rings (SSSR count). The first-order valence-corrected chi connectivity index (χ1v) is 3.80. The second-order valence-corrected chi connectivity index (χ2v) is 2.99. The van der Waals surface area contributed by atoms with Gasteiger partial charge >= 0.3 is 0 Å². The molecule has 0 amide bonds. The SMILES string of the molecule is [CH2]CCCC1CC(O)C1. The number of aliphatic hydroxyl groups excluding tert-OH is 1. The summed E-state index contributed by atoms with van der Waals surface area (Å²) < 4.78 is 0. The number of hydrogen-bond acceptors (Lipinski definition) is 1. The molecule has 1 N–H and O–H groups in total. The minimum Gasteiger partial charge on any atom is -0.393 e. The van der Waals surface area contributed by atoms with Crippen molar-refractivity contribution in [2.75, 3.05) is 0 Å². The Morgan fingerprint density at radius 2 is 2.11 bits per heavy atom. The Morgan fingerprint density at radius 3 is 2.56 bits per heavy atom. The zero-order chi connectivity index (χ0) is 6.69. The van der Waals surface area contributed by atoms with Gasteiger partial charge in [-0.05, 0) is 18.8 Å². The Labute approximate surface area is 57.1 Å². The van der Waals surface area contributed by atoms with E-state index in [1.807, 2.05) is 0 Å². The normalized spacial score (nSPS) is 34.0. The van der Waals surface area contributed by atoms with Crippen LogP contribution in [0.3, 0.4) is 0 Å². The van der Waals surface area contributed by atoms with Gasteiger partial charge in [-0.15, -0.1) is 0 Å². The van der Waals surface area contributed by atoms with Gasteiger partial charge in [0, 0.05) is 0 Å². The van der Waals surface area contributed by atoms with E-state index in [4.69, 9.17) is 5.11 Å². The van der Waals surface area contributed by atoms with E-state index in [-0.39, 0.29) is 6.10 Å². The Kier molecular flexibility index (Phi) is 2.52. The summed E-state index contributed by atoms with van der Waals surface area (Å²) in [6.45, 7) is 3.77. The molecule has 1 aliphatic carbocycles. The Morgan fingerprint density at radius 1 is 1.44 bits per heavy atom. The van der Waals surface area contributed by atoms with Gasteiger partial charge in [-0.25, -0.2) is 0 Å². The number of hydrogen-bond donors (Lipinski definition) is 1. The molecule has 0 unspecified atom stereocenters. The van der Waals surface area contributed by atoms with Crippen LogP contribution in [0.15, 0.2) is 0 Å². The third-order valence-electron chi connectivity index (χ3n) is 2.07. The standard InChI is InChI=1S/C8H15O/c1-2-3-4-7-5-8(9)6-7/h7-9H,1-6H2. The van der Waals surface area contributed by atoms with Crippen molar-refractivity contribution in [1.82, 2.24) is 0 Å². The largest absolute Gasteiger partial charge is 0.393 e. The van der Waals surface area contributed by atoms with Gasteiger partial charge in [0.1, 0.15) is 0 Å². The van der Waals surface area contributed by atoms with Crippen molar-refractivity contribution in [2.24, 2.45) is 5.92 Å². The van der Waals surface area contributed by atoms with Gasteiger partial charge in [-0.1, -0.05) is 26.2 Å². The maximum absolute atomic E-state index is 8.90. The molecule has 1 heteroatoms. The lowest BCUT2D eigenvalue weighted by Crippen LogP contribution is -2.27. The monoisotopic (exact) mass is 127 g/mol. The van der Waals surface area contributed by atoms with Crippen LogP contribution in [0.4, 0.5) is 0 Å². The minimum absolute atomic E-state index is 0.0276. The van der Waals surface area contributed by atoms with Crippen LogP contribution >= 0.6 is 0 Å². The minimum atomic E-state index is 0.0276. The lowest BCUT2D eigenvalue weighted by molar-refractivity contribution is 0.0384. The summed E-state index contributed by atoms with van der Waals surface area (Å²) in [7, 11) is 0. The number of aliphatic hydroxyl groups is 1. The van der Waals surface area contributed by atoms with Gasteiger partial charge in [0.15, 0.2) is 0 Å². The number of unbranched alkanes of at least 4 members (excludes halogenated alkanes) is 1. The van der Waals surface area contributed by atoms with E-state index < -0.39 is 0 Å². The smallest absolute Gasteiger partial charge is 0.0545 e. The van der Waals surface area contributed by atoms with E-state index in [0.717, 1.165) is 25.2 Å². The molecular weight excluding hydrogens is 112 g/mol. The van der Waals surface area contributed by atoms with E-state index in [1.54, 1.807) is 0 Å². The first kappa shape index (κ1) is 7.07. The van der Waals surface area contributed by atoms with Crippen molar-refractivity contribution >= 4 is 0 Å².